The fraction of sp³-hybridized carbons (Fsp3) is 0.931. The van der Waals surface area contributed by atoms with E-state index >= 15 is 0 Å². The van der Waals surface area contributed by atoms with Crippen LogP contribution in [0.1, 0.15) is 86.0 Å². The van der Waals surface area contributed by atoms with Crippen LogP contribution in [0.3, 0.4) is 0 Å². The first-order valence-electron chi connectivity index (χ1n) is 13.8. The highest BCUT2D eigenvalue weighted by atomic mass is 16.3. The minimum atomic E-state index is -1.14. The van der Waals surface area contributed by atoms with Gasteiger partial charge in [0, 0.05) is 10.8 Å². The second-order valence-electron chi connectivity index (χ2n) is 14.6. The van der Waals surface area contributed by atoms with Crippen LogP contribution in [0.5, 0.6) is 0 Å². The first-order chi connectivity index (χ1) is 16.2. The summed E-state index contributed by atoms with van der Waals surface area (Å²) in [7, 11) is 0. The third-order valence-corrected chi connectivity index (χ3v) is 13.1. The number of fused-ring (bicyclic) bond motifs is 5. The summed E-state index contributed by atoms with van der Waals surface area (Å²) in [5, 5.41) is 65.9. The van der Waals surface area contributed by atoms with Crippen LogP contribution < -0.4 is 0 Å². The van der Waals surface area contributed by atoms with Crippen molar-refractivity contribution < 1.29 is 30.6 Å². The zero-order chi connectivity index (χ0) is 25.8. The van der Waals surface area contributed by atoms with E-state index in [9.17, 15) is 30.6 Å². The molecule has 6 N–H and O–H groups in total. The van der Waals surface area contributed by atoms with Gasteiger partial charge >= 0.3 is 0 Å². The molecule has 5 aliphatic carbocycles. The minimum absolute atomic E-state index is 0.0997. The lowest BCUT2D eigenvalue weighted by Crippen LogP contribution is -2.69. The normalized spacial score (nSPS) is 54.5. The molecule has 0 heterocycles. The van der Waals surface area contributed by atoms with E-state index in [1.165, 1.54) is 0 Å². The highest BCUT2D eigenvalue weighted by Crippen LogP contribution is 2.74. The van der Waals surface area contributed by atoms with Crippen molar-refractivity contribution in [3.05, 3.63) is 11.6 Å². The SMILES string of the molecule is CC1(C)CC[C@]2(CC[C@]3(C)C(=CCC4[C@@]5(C)C[C@@H](O)[C@@H](O)C(CO)(CO)C5CC[C@]43C)[C@H]2O)C1O. The Morgan fingerprint density at radius 3 is 2.03 bits per heavy atom. The molecule has 6 nitrogen and oxygen atoms in total. The van der Waals surface area contributed by atoms with E-state index in [0.717, 1.165) is 50.5 Å². The van der Waals surface area contributed by atoms with Crippen molar-refractivity contribution in [2.45, 2.75) is 110 Å². The monoisotopic (exact) mass is 492 g/mol. The van der Waals surface area contributed by atoms with E-state index in [-0.39, 0.29) is 46.7 Å². The van der Waals surface area contributed by atoms with E-state index in [2.05, 4.69) is 40.7 Å². The van der Waals surface area contributed by atoms with Crippen LogP contribution in [-0.2, 0) is 0 Å². The van der Waals surface area contributed by atoms with Crippen LogP contribution in [0.25, 0.3) is 0 Å². The summed E-state index contributed by atoms with van der Waals surface area (Å²) < 4.78 is 0. The van der Waals surface area contributed by atoms with Gasteiger partial charge in [0.1, 0.15) is 0 Å². The minimum Gasteiger partial charge on any atom is -0.396 e. The van der Waals surface area contributed by atoms with Crippen molar-refractivity contribution >= 4 is 0 Å². The Bertz CT molecular complexity index is 896. The Morgan fingerprint density at radius 2 is 1.46 bits per heavy atom. The summed E-state index contributed by atoms with van der Waals surface area (Å²) in [5.74, 6) is 0.0886. The van der Waals surface area contributed by atoms with Crippen LogP contribution in [-0.4, -0.2) is 68.3 Å². The van der Waals surface area contributed by atoms with Gasteiger partial charge in [-0.2, -0.15) is 0 Å². The summed E-state index contributed by atoms with van der Waals surface area (Å²) in [6, 6.07) is 0. The second-order valence-corrected chi connectivity index (χ2v) is 14.6. The van der Waals surface area contributed by atoms with Gasteiger partial charge in [-0.15, -0.1) is 0 Å². The molecule has 6 heteroatoms. The molecule has 0 amide bonds. The molecule has 0 aliphatic heterocycles. The number of hydrogen-bond donors (Lipinski definition) is 6. The lowest BCUT2D eigenvalue weighted by molar-refractivity contribution is -0.257. The zero-order valence-corrected chi connectivity index (χ0v) is 22.3. The second kappa shape index (κ2) is 7.77. The Hall–Kier alpha value is -0.500. The van der Waals surface area contributed by atoms with Gasteiger partial charge < -0.3 is 30.6 Å². The van der Waals surface area contributed by atoms with E-state index in [4.69, 9.17) is 0 Å². The third kappa shape index (κ3) is 2.93. The average molecular weight is 493 g/mol. The largest absolute Gasteiger partial charge is 0.396 e. The molecule has 5 rings (SSSR count). The lowest BCUT2D eigenvalue weighted by Gasteiger charge is -2.71. The van der Waals surface area contributed by atoms with Gasteiger partial charge in [0.25, 0.3) is 0 Å². The molecular formula is C29H48O6. The molecule has 4 saturated carbocycles. The summed E-state index contributed by atoms with van der Waals surface area (Å²) in [5.41, 5.74) is -1.43. The molecule has 0 aromatic carbocycles. The maximum Gasteiger partial charge on any atom is 0.0902 e. The molecule has 0 radical (unpaired) electrons. The van der Waals surface area contributed by atoms with Crippen LogP contribution in [0.2, 0.25) is 0 Å². The smallest absolute Gasteiger partial charge is 0.0902 e. The molecular weight excluding hydrogens is 444 g/mol. The lowest BCUT2D eigenvalue weighted by atomic mass is 9.34. The van der Waals surface area contributed by atoms with Crippen molar-refractivity contribution in [3.63, 3.8) is 0 Å². The predicted molar refractivity (Wildman–Crippen MR) is 133 cm³/mol. The van der Waals surface area contributed by atoms with E-state index in [1.807, 2.05) is 0 Å². The highest BCUT2D eigenvalue weighted by molar-refractivity contribution is 5.35. The summed E-state index contributed by atoms with van der Waals surface area (Å²) in [4.78, 5) is 0. The van der Waals surface area contributed by atoms with Gasteiger partial charge in [0.05, 0.1) is 37.6 Å². The van der Waals surface area contributed by atoms with Gasteiger partial charge in [-0.25, -0.2) is 0 Å². The molecule has 3 unspecified atom stereocenters. The summed E-state index contributed by atoms with van der Waals surface area (Å²) in [6.07, 6.45) is 5.22. The number of allylic oxidation sites excluding steroid dienone is 1. The van der Waals surface area contributed by atoms with Crippen molar-refractivity contribution in [1.29, 1.82) is 0 Å². The van der Waals surface area contributed by atoms with Gasteiger partial charge in [0.2, 0.25) is 0 Å². The van der Waals surface area contributed by atoms with Crippen molar-refractivity contribution in [1.82, 2.24) is 0 Å². The molecule has 0 aromatic rings. The highest BCUT2D eigenvalue weighted by Gasteiger charge is 2.71. The quantitative estimate of drug-likeness (QED) is 0.330. The van der Waals surface area contributed by atoms with Crippen molar-refractivity contribution in [2.75, 3.05) is 13.2 Å². The number of aliphatic hydroxyl groups excluding tert-OH is 6. The number of rotatable bonds is 2. The molecule has 1 spiro atoms. The molecule has 0 bridgehead atoms. The van der Waals surface area contributed by atoms with Gasteiger partial charge in [0.15, 0.2) is 0 Å². The predicted octanol–water partition coefficient (Wildman–Crippen LogP) is 2.78. The Balaban J connectivity index is 1.57. The van der Waals surface area contributed by atoms with Crippen LogP contribution >= 0.6 is 0 Å². The fourth-order valence-electron chi connectivity index (χ4n) is 10.7. The van der Waals surface area contributed by atoms with E-state index < -0.39 is 35.2 Å². The summed E-state index contributed by atoms with van der Waals surface area (Å²) in [6.45, 7) is 10.4. The molecule has 5 aliphatic rings. The number of hydrogen-bond acceptors (Lipinski definition) is 6. The maximum atomic E-state index is 11.9. The van der Waals surface area contributed by atoms with E-state index in [1.54, 1.807) is 0 Å². The molecule has 0 aromatic heterocycles. The Kier molecular flexibility index (Phi) is 5.80. The maximum absolute atomic E-state index is 11.9. The first kappa shape index (κ1) is 26.1. The molecule has 200 valence electrons. The molecule has 35 heavy (non-hydrogen) atoms. The third-order valence-electron chi connectivity index (χ3n) is 13.1. The van der Waals surface area contributed by atoms with Crippen LogP contribution in [0, 0.1) is 44.3 Å². The van der Waals surface area contributed by atoms with Gasteiger partial charge in [-0.05, 0) is 90.4 Å². The molecule has 0 saturated heterocycles. The van der Waals surface area contributed by atoms with Crippen molar-refractivity contribution in [3.8, 4) is 0 Å². The molecule has 4 fully saturated rings. The van der Waals surface area contributed by atoms with Crippen molar-refractivity contribution in [2.24, 2.45) is 44.3 Å². The number of aliphatic hydroxyl groups is 6. The Morgan fingerprint density at radius 1 is 0.829 bits per heavy atom. The van der Waals surface area contributed by atoms with Crippen LogP contribution in [0.15, 0.2) is 11.6 Å². The zero-order valence-electron chi connectivity index (χ0n) is 22.3. The van der Waals surface area contributed by atoms with E-state index in [0.29, 0.717) is 6.42 Å². The summed E-state index contributed by atoms with van der Waals surface area (Å²) >= 11 is 0. The standard InChI is InChI=1S/C29H48O6/c1-24(2)10-12-28(23(24)35)13-11-26(4)17(21(28)33)6-7-19-25(3)14-18(32)22(34)29(15-30,16-31)20(25)8-9-27(19,26)5/h6,18-23,30-35H,7-16H2,1-5H3/t18-,19?,20?,21-,22-,23?,25-,26-,27-,28-/m1/s1. The first-order valence-corrected chi connectivity index (χ1v) is 13.8. The van der Waals surface area contributed by atoms with Crippen LogP contribution in [0.4, 0.5) is 0 Å². The van der Waals surface area contributed by atoms with Gasteiger partial charge in [-0.1, -0.05) is 40.7 Å². The van der Waals surface area contributed by atoms with Gasteiger partial charge in [-0.3, -0.25) is 0 Å². The topological polar surface area (TPSA) is 121 Å². The fourth-order valence-corrected chi connectivity index (χ4v) is 10.7. The molecule has 10 atom stereocenters. The average Bonchev–Trinajstić information content (AvgIpc) is 3.04. The Labute approximate surface area is 210 Å².